The van der Waals surface area contributed by atoms with E-state index in [2.05, 4.69) is 15.1 Å². The van der Waals surface area contributed by atoms with Crippen LogP contribution in [0.2, 0.25) is 0 Å². The molecule has 0 aromatic rings. The van der Waals surface area contributed by atoms with Gasteiger partial charge in [0.1, 0.15) is 0 Å². The maximum atomic E-state index is 12.1. The Morgan fingerprint density at radius 3 is 2.14 bits per heavy atom. The first-order chi connectivity index (χ1) is 9.95. The lowest BCUT2D eigenvalue weighted by Crippen LogP contribution is -2.52. The van der Waals surface area contributed by atoms with Gasteiger partial charge >= 0.3 is 0 Å². The van der Waals surface area contributed by atoms with E-state index in [0.717, 1.165) is 32.1 Å². The highest BCUT2D eigenvalue weighted by atomic mass is 16.2. The maximum absolute atomic E-state index is 12.1. The average Bonchev–Trinajstić information content (AvgIpc) is 3.21. The van der Waals surface area contributed by atoms with Crippen molar-refractivity contribution < 1.29 is 9.59 Å². The summed E-state index contributed by atoms with van der Waals surface area (Å²) in [7, 11) is 0. The summed E-state index contributed by atoms with van der Waals surface area (Å²) in [5.41, 5.74) is 0. The lowest BCUT2D eigenvalue weighted by molar-refractivity contribution is -0.128. The highest BCUT2D eigenvalue weighted by Gasteiger charge is 2.27. The first-order valence-electron chi connectivity index (χ1n) is 8.20. The van der Waals surface area contributed by atoms with Gasteiger partial charge in [-0.1, -0.05) is 13.8 Å². The molecule has 1 amide bonds. The quantitative estimate of drug-likeness (QED) is 0.753. The van der Waals surface area contributed by atoms with Gasteiger partial charge in [0.15, 0.2) is 5.78 Å². The normalized spacial score (nSPS) is 22.3. The molecule has 120 valence electrons. The lowest BCUT2D eigenvalue weighted by Gasteiger charge is -2.34. The zero-order valence-electron chi connectivity index (χ0n) is 13.6. The number of nitrogens with one attached hydrogen (secondary N) is 1. The summed E-state index contributed by atoms with van der Waals surface area (Å²) in [5.74, 6) is 1.08. The van der Waals surface area contributed by atoms with Crippen LogP contribution in [0.25, 0.3) is 0 Å². The molecule has 1 saturated heterocycles. The number of hydrogen-bond acceptors (Lipinski definition) is 4. The molecule has 0 bridgehead atoms. The van der Waals surface area contributed by atoms with Crippen molar-refractivity contribution in [1.82, 2.24) is 15.1 Å². The van der Waals surface area contributed by atoms with E-state index in [1.54, 1.807) is 6.92 Å². The summed E-state index contributed by atoms with van der Waals surface area (Å²) >= 11 is 0. The van der Waals surface area contributed by atoms with Gasteiger partial charge in [0, 0.05) is 32.7 Å². The Morgan fingerprint density at radius 2 is 1.67 bits per heavy atom. The van der Waals surface area contributed by atoms with Crippen molar-refractivity contribution in [3.8, 4) is 0 Å². The Balaban J connectivity index is 1.69. The summed E-state index contributed by atoms with van der Waals surface area (Å²) in [6.45, 7) is 11.1. The van der Waals surface area contributed by atoms with Crippen molar-refractivity contribution in [3.63, 3.8) is 0 Å². The van der Waals surface area contributed by atoms with Crippen molar-refractivity contribution in [2.45, 2.75) is 39.7 Å². The van der Waals surface area contributed by atoms with Crippen molar-refractivity contribution in [1.29, 1.82) is 0 Å². The average molecular weight is 295 g/mol. The molecule has 5 heteroatoms. The van der Waals surface area contributed by atoms with Crippen LogP contribution < -0.4 is 5.32 Å². The fourth-order valence-corrected chi connectivity index (χ4v) is 2.96. The third-order valence-corrected chi connectivity index (χ3v) is 4.47. The predicted molar refractivity (Wildman–Crippen MR) is 83.1 cm³/mol. The molecule has 0 spiro atoms. The van der Waals surface area contributed by atoms with Gasteiger partial charge in [-0.25, -0.2) is 0 Å². The molecule has 1 atom stereocenters. The zero-order valence-corrected chi connectivity index (χ0v) is 13.6. The standard InChI is InChI=1S/C16H29N3O2/c1-12(2)16(13(3)20)17-15(21)11-19-8-6-18(7-9-19)10-14-4-5-14/h12,14,16H,4-11H2,1-3H3,(H,17,21). The molecule has 1 saturated carbocycles. The molecule has 1 heterocycles. The van der Waals surface area contributed by atoms with Gasteiger partial charge in [-0.05, 0) is 31.6 Å². The van der Waals surface area contributed by atoms with Crippen LogP contribution in [-0.2, 0) is 9.59 Å². The van der Waals surface area contributed by atoms with Gasteiger partial charge < -0.3 is 10.2 Å². The summed E-state index contributed by atoms with van der Waals surface area (Å²) < 4.78 is 0. The molecule has 1 aliphatic heterocycles. The molecular formula is C16H29N3O2. The van der Waals surface area contributed by atoms with Crippen LogP contribution in [-0.4, -0.2) is 66.8 Å². The number of nitrogens with zero attached hydrogens (tertiary/aromatic N) is 2. The van der Waals surface area contributed by atoms with Crippen LogP contribution in [0.5, 0.6) is 0 Å². The number of ketones is 1. The fourth-order valence-electron chi connectivity index (χ4n) is 2.96. The van der Waals surface area contributed by atoms with Crippen LogP contribution in [0.4, 0.5) is 0 Å². The van der Waals surface area contributed by atoms with Crippen molar-refractivity contribution in [2.75, 3.05) is 39.3 Å². The van der Waals surface area contributed by atoms with E-state index in [-0.39, 0.29) is 23.7 Å². The fraction of sp³-hybridized carbons (Fsp3) is 0.875. The molecule has 21 heavy (non-hydrogen) atoms. The van der Waals surface area contributed by atoms with Crippen LogP contribution in [0.1, 0.15) is 33.6 Å². The highest BCUT2D eigenvalue weighted by molar-refractivity contribution is 5.88. The number of amides is 1. The minimum Gasteiger partial charge on any atom is -0.345 e. The minimum absolute atomic E-state index is 0.0282. The summed E-state index contributed by atoms with van der Waals surface area (Å²) in [6, 6.07) is -0.353. The smallest absolute Gasteiger partial charge is 0.234 e. The van der Waals surface area contributed by atoms with Crippen LogP contribution >= 0.6 is 0 Å². The number of carbonyl (C=O) groups excluding carboxylic acids is 2. The van der Waals surface area contributed by atoms with E-state index >= 15 is 0 Å². The summed E-state index contributed by atoms with van der Waals surface area (Å²) in [4.78, 5) is 28.3. The number of Topliss-reactive ketones (excluding diaryl/α,β-unsaturated/α-hetero) is 1. The Hall–Kier alpha value is -0.940. The van der Waals surface area contributed by atoms with E-state index in [9.17, 15) is 9.59 Å². The minimum atomic E-state index is -0.353. The Kier molecular flexibility index (Phi) is 5.76. The molecule has 0 aromatic heterocycles. The lowest BCUT2D eigenvalue weighted by atomic mass is 10.0. The predicted octanol–water partition coefficient (Wildman–Crippen LogP) is 0.744. The van der Waals surface area contributed by atoms with Gasteiger partial charge in [-0.2, -0.15) is 0 Å². The first kappa shape index (κ1) is 16.4. The van der Waals surface area contributed by atoms with Crippen molar-refractivity contribution in [2.24, 2.45) is 11.8 Å². The first-order valence-corrected chi connectivity index (χ1v) is 8.20. The third-order valence-electron chi connectivity index (χ3n) is 4.47. The van der Waals surface area contributed by atoms with E-state index in [0.29, 0.717) is 6.54 Å². The van der Waals surface area contributed by atoms with E-state index < -0.39 is 0 Å². The van der Waals surface area contributed by atoms with Crippen molar-refractivity contribution in [3.05, 3.63) is 0 Å². The highest BCUT2D eigenvalue weighted by Crippen LogP contribution is 2.29. The second-order valence-electron chi connectivity index (χ2n) is 6.92. The second-order valence-corrected chi connectivity index (χ2v) is 6.92. The van der Waals surface area contributed by atoms with Gasteiger partial charge in [-0.15, -0.1) is 0 Å². The molecular weight excluding hydrogens is 266 g/mol. The number of rotatable bonds is 7. The number of carbonyl (C=O) groups is 2. The third kappa shape index (κ3) is 5.40. The molecule has 1 aliphatic carbocycles. The molecule has 1 unspecified atom stereocenters. The summed E-state index contributed by atoms with van der Waals surface area (Å²) in [6.07, 6.45) is 2.79. The second kappa shape index (κ2) is 7.36. The topological polar surface area (TPSA) is 52.7 Å². The number of piperazine rings is 1. The van der Waals surface area contributed by atoms with E-state index in [1.807, 2.05) is 13.8 Å². The molecule has 2 rings (SSSR count). The van der Waals surface area contributed by atoms with Crippen LogP contribution in [0.3, 0.4) is 0 Å². The van der Waals surface area contributed by atoms with Crippen LogP contribution in [0, 0.1) is 11.8 Å². The Labute approximate surface area is 128 Å². The largest absolute Gasteiger partial charge is 0.345 e. The molecule has 0 radical (unpaired) electrons. The number of hydrogen-bond donors (Lipinski definition) is 1. The summed E-state index contributed by atoms with van der Waals surface area (Å²) in [5, 5.41) is 2.87. The van der Waals surface area contributed by atoms with E-state index in [4.69, 9.17) is 0 Å². The van der Waals surface area contributed by atoms with Gasteiger partial charge in [0.2, 0.25) is 5.91 Å². The monoisotopic (exact) mass is 295 g/mol. The molecule has 2 fully saturated rings. The SMILES string of the molecule is CC(=O)C(NC(=O)CN1CCN(CC2CC2)CC1)C(C)C. The van der Waals surface area contributed by atoms with E-state index in [1.165, 1.54) is 19.4 Å². The van der Waals surface area contributed by atoms with Gasteiger partial charge in [0.25, 0.3) is 0 Å². The molecule has 1 N–H and O–H groups in total. The van der Waals surface area contributed by atoms with Gasteiger partial charge in [0.05, 0.1) is 12.6 Å². The Morgan fingerprint density at radius 1 is 1.10 bits per heavy atom. The van der Waals surface area contributed by atoms with Crippen molar-refractivity contribution >= 4 is 11.7 Å². The molecule has 5 nitrogen and oxygen atoms in total. The zero-order chi connectivity index (χ0) is 15.4. The van der Waals surface area contributed by atoms with Gasteiger partial charge in [-0.3, -0.25) is 14.5 Å². The molecule has 0 aromatic carbocycles. The van der Waals surface area contributed by atoms with Crippen LogP contribution in [0.15, 0.2) is 0 Å². The molecule has 2 aliphatic rings. The Bertz CT molecular complexity index is 372. The maximum Gasteiger partial charge on any atom is 0.234 e.